The monoisotopic (exact) mass is 645 g/mol. The fraction of sp³-hybridized carbons (Fsp3) is 0.455. The minimum absolute atomic E-state index is 0.0135. The van der Waals surface area contributed by atoms with Gasteiger partial charge in [-0.25, -0.2) is 4.98 Å². The summed E-state index contributed by atoms with van der Waals surface area (Å²) in [5.41, 5.74) is 6.80. The Kier molecular flexibility index (Phi) is 11.2. The fourth-order valence-electron chi connectivity index (χ4n) is 5.40. The van der Waals surface area contributed by atoms with E-state index in [-0.39, 0.29) is 39.3 Å². The molecule has 2 aromatic heterocycles. The van der Waals surface area contributed by atoms with Crippen molar-refractivity contribution < 1.29 is 37.3 Å². The first kappa shape index (κ1) is 34.7. The lowest BCUT2D eigenvalue weighted by Gasteiger charge is -2.35. The van der Waals surface area contributed by atoms with Crippen LogP contribution in [0, 0.1) is 13.8 Å². The van der Waals surface area contributed by atoms with Crippen LogP contribution < -0.4 is 10.5 Å². The quantitative estimate of drug-likeness (QED) is 0.0675. The number of nitrogen functional groups attached to an aromatic ring is 1. The number of benzene rings is 2. The Hall–Kier alpha value is -3.21. The molecule has 4 rings (SSSR count). The third-order valence-electron chi connectivity index (χ3n) is 8.25. The lowest BCUT2D eigenvalue weighted by Crippen LogP contribution is -2.39. The number of aromatic nitrogens is 2. The number of nitrogens with zero attached hydrogens (tertiary/aromatic N) is 2. The van der Waals surface area contributed by atoms with Crippen molar-refractivity contribution in [2.24, 2.45) is 0 Å². The zero-order valence-corrected chi connectivity index (χ0v) is 27.1. The molecule has 0 aliphatic heterocycles. The molecular weight excluding hydrogens is 603 g/mol. The number of nitrogens with two attached hydrogens (primary N) is 1. The van der Waals surface area contributed by atoms with Crippen LogP contribution in [0.2, 0.25) is 0 Å². The van der Waals surface area contributed by atoms with Crippen molar-refractivity contribution in [2.45, 2.75) is 71.1 Å². The molecule has 0 unspecified atom stereocenters. The smallest absolute Gasteiger partial charge is 0.394 e. The van der Waals surface area contributed by atoms with E-state index >= 15 is 0 Å². The van der Waals surface area contributed by atoms with Crippen LogP contribution in [0.25, 0.3) is 21.8 Å². The maximum atomic E-state index is 14.0. The summed E-state index contributed by atoms with van der Waals surface area (Å²) in [4.78, 5) is 27.2. The normalized spacial score (nSPS) is 12.7. The van der Waals surface area contributed by atoms with Crippen molar-refractivity contribution in [1.29, 1.82) is 0 Å². The molecule has 0 atom stereocenters. The van der Waals surface area contributed by atoms with Gasteiger partial charge in [-0.15, -0.1) is 0 Å². The predicted octanol–water partition coefficient (Wildman–Crippen LogP) is 6.90. The molecule has 0 fully saturated rings. The van der Waals surface area contributed by atoms with Crippen LogP contribution in [-0.2, 0) is 26.9 Å². The maximum absolute atomic E-state index is 14.0. The average Bonchev–Trinajstić information content (AvgIpc) is 2.98. The third kappa shape index (κ3) is 8.54. The highest BCUT2D eigenvalue weighted by atomic mass is 31.2. The lowest BCUT2D eigenvalue weighted by atomic mass is 9.93. The van der Waals surface area contributed by atoms with Gasteiger partial charge in [-0.1, -0.05) is 32.0 Å². The first-order chi connectivity index (χ1) is 21.3. The van der Waals surface area contributed by atoms with Gasteiger partial charge in [0.15, 0.2) is 5.82 Å². The molecule has 2 heterocycles. The second-order valence-electron chi connectivity index (χ2n) is 11.4. The molecule has 12 heteroatoms. The van der Waals surface area contributed by atoms with E-state index in [0.717, 1.165) is 45.8 Å². The minimum atomic E-state index is -5.59. The summed E-state index contributed by atoms with van der Waals surface area (Å²) >= 11 is 0. The van der Waals surface area contributed by atoms with E-state index in [1.165, 1.54) is 5.56 Å². The van der Waals surface area contributed by atoms with E-state index in [9.17, 15) is 13.3 Å². The van der Waals surface area contributed by atoms with Crippen molar-refractivity contribution in [2.75, 3.05) is 32.2 Å². The van der Waals surface area contributed by atoms with E-state index < -0.39 is 25.3 Å². The maximum Gasteiger partial charge on any atom is 0.394 e. The first-order valence-corrected chi connectivity index (χ1v) is 16.7. The molecule has 244 valence electrons. The third-order valence-corrected chi connectivity index (χ3v) is 9.26. The fourth-order valence-corrected chi connectivity index (χ4v) is 5.89. The van der Waals surface area contributed by atoms with Crippen LogP contribution in [0.15, 0.2) is 48.7 Å². The van der Waals surface area contributed by atoms with Gasteiger partial charge < -0.3 is 29.7 Å². The lowest BCUT2D eigenvalue weighted by molar-refractivity contribution is -0.115. The van der Waals surface area contributed by atoms with Crippen LogP contribution in [0.5, 0.6) is 5.75 Å². The van der Waals surface area contributed by atoms with Crippen molar-refractivity contribution in [3.63, 3.8) is 0 Å². The van der Waals surface area contributed by atoms with Gasteiger partial charge in [0.1, 0.15) is 17.9 Å². The molecule has 0 aliphatic rings. The van der Waals surface area contributed by atoms with Crippen molar-refractivity contribution in [1.82, 2.24) is 9.97 Å². The zero-order chi connectivity index (χ0) is 32.8. The number of ether oxygens (including phenoxy) is 3. The molecule has 9 nitrogen and oxygen atoms in total. The van der Waals surface area contributed by atoms with Crippen molar-refractivity contribution in [3.8, 4) is 5.75 Å². The van der Waals surface area contributed by atoms with Crippen LogP contribution in [0.1, 0.15) is 55.4 Å². The molecule has 0 saturated heterocycles. The van der Waals surface area contributed by atoms with Crippen molar-refractivity contribution in [3.05, 3.63) is 70.9 Å². The Morgan fingerprint density at radius 1 is 0.933 bits per heavy atom. The Balaban J connectivity index is 1.24. The minimum Gasteiger partial charge on any atom is -0.491 e. The first-order valence-electron chi connectivity index (χ1n) is 15.1. The summed E-state index contributed by atoms with van der Waals surface area (Å²) in [6.07, 6.45) is 2.81. The Morgan fingerprint density at radius 3 is 2.36 bits per heavy atom. The Bertz CT molecular complexity index is 1680. The number of alkyl halides is 2. The standard InChI is InChI=1S/C33H42F2N3O6P/c1-5-32(6-2,21-33(34,35)45(39,40)41)44-16-14-42-13-15-43-26-11-10-25(23(4)18-26)9-8-24-19-28-27-12-7-22(3)17-29(27)38-31(36)30(28)37-20-24/h7,10-12,17-20H,5-6,8-9,13-16,21H2,1-4H3,(H2,36,38)(H2,39,40,41). The number of hydrogen-bond acceptors (Lipinski definition) is 7. The molecule has 0 saturated carbocycles. The summed E-state index contributed by atoms with van der Waals surface area (Å²) in [6, 6.07) is 14.3. The molecule has 0 aliphatic carbocycles. The van der Waals surface area contributed by atoms with Gasteiger partial charge in [0.2, 0.25) is 0 Å². The number of anilines is 1. The summed E-state index contributed by atoms with van der Waals surface area (Å²) in [6.45, 7) is 8.07. The van der Waals surface area contributed by atoms with Crippen LogP contribution in [-0.4, -0.2) is 57.4 Å². The van der Waals surface area contributed by atoms with Crippen LogP contribution in [0.3, 0.4) is 0 Å². The Labute approximate surface area is 262 Å². The van der Waals surface area contributed by atoms with Crippen LogP contribution in [0.4, 0.5) is 14.6 Å². The highest BCUT2D eigenvalue weighted by molar-refractivity contribution is 7.53. The van der Waals surface area contributed by atoms with Gasteiger partial charge in [-0.2, -0.15) is 8.78 Å². The number of halogens is 2. The summed E-state index contributed by atoms with van der Waals surface area (Å²) in [5, 5.41) is 2.03. The highest BCUT2D eigenvalue weighted by Gasteiger charge is 2.53. The van der Waals surface area contributed by atoms with Gasteiger partial charge in [0.25, 0.3) is 0 Å². The molecule has 45 heavy (non-hydrogen) atoms. The summed E-state index contributed by atoms with van der Waals surface area (Å²) < 4.78 is 56.3. The van der Waals surface area contributed by atoms with Gasteiger partial charge in [-0.05, 0) is 86.1 Å². The number of pyridine rings is 2. The number of hydrogen-bond donors (Lipinski definition) is 3. The van der Waals surface area contributed by atoms with Gasteiger partial charge >= 0.3 is 13.3 Å². The Morgan fingerprint density at radius 2 is 1.67 bits per heavy atom. The van der Waals surface area contributed by atoms with E-state index in [2.05, 4.69) is 34.2 Å². The SMILES string of the molecule is CCC(CC)(CC(F)(F)P(=O)(O)O)OCCOCCOc1ccc(CCc2cnc3c(N)nc4cc(C)ccc4c3c2)c(C)c1. The predicted molar refractivity (Wildman–Crippen MR) is 172 cm³/mol. The van der Waals surface area contributed by atoms with E-state index in [0.29, 0.717) is 17.1 Å². The molecule has 2 aromatic carbocycles. The largest absolute Gasteiger partial charge is 0.491 e. The molecule has 4 N–H and O–H groups in total. The number of aryl methyl sites for hydroxylation is 4. The number of rotatable bonds is 16. The molecule has 0 radical (unpaired) electrons. The molecule has 0 amide bonds. The van der Waals surface area contributed by atoms with Gasteiger partial charge in [-0.3, -0.25) is 9.55 Å². The van der Waals surface area contributed by atoms with Gasteiger partial charge in [0.05, 0.1) is 37.4 Å². The van der Waals surface area contributed by atoms with Crippen molar-refractivity contribution >= 4 is 35.2 Å². The van der Waals surface area contributed by atoms with Crippen LogP contribution >= 0.6 is 7.60 Å². The second kappa shape index (κ2) is 14.5. The molecule has 0 bridgehead atoms. The van der Waals surface area contributed by atoms with Gasteiger partial charge in [0, 0.05) is 17.0 Å². The number of fused-ring (bicyclic) bond motifs is 3. The highest BCUT2D eigenvalue weighted by Crippen LogP contribution is 2.57. The summed E-state index contributed by atoms with van der Waals surface area (Å²) in [5.74, 6) is 1.14. The topological polar surface area (TPSA) is 137 Å². The molecular formula is C33H42F2N3O6P. The van der Waals surface area contributed by atoms with E-state index in [1.54, 1.807) is 13.8 Å². The second-order valence-corrected chi connectivity index (χ2v) is 13.2. The molecule has 4 aromatic rings. The molecule has 0 spiro atoms. The average molecular weight is 646 g/mol. The van der Waals surface area contributed by atoms with E-state index in [4.69, 9.17) is 29.7 Å². The zero-order valence-electron chi connectivity index (χ0n) is 26.2. The van der Waals surface area contributed by atoms with E-state index in [1.807, 2.05) is 38.2 Å². The summed E-state index contributed by atoms with van der Waals surface area (Å²) in [7, 11) is -5.59.